The van der Waals surface area contributed by atoms with Crippen molar-refractivity contribution in [3.05, 3.63) is 65.4 Å². The second kappa shape index (κ2) is 7.83. The topological polar surface area (TPSA) is 86.8 Å². The molecule has 29 heavy (non-hydrogen) atoms. The third-order valence-corrected chi connectivity index (χ3v) is 4.86. The zero-order valence-corrected chi connectivity index (χ0v) is 16.3. The van der Waals surface area contributed by atoms with Gasteiger partial charge in [-0.25, -0.2) is 9.48 Å². The molecule has 3 heterocycles. The molecule has 0 N–H and O–H groups in total. The van der Waals surface area contributed by atoms with E-state index in [2.05, 4.69) is 5.10 Å². The Morgan fingerprint density at radius 2 is 2.00 bits per heavy atom. The molecule has 1 amide bonds. The lowest BCUT2D eigenvalue weighted by Gasteiger charge is -2.27. The molecule has 8 nitrogen and oxygen atoms in total. The van der Waals surface area contributed by atoms with Crippen LogP contribution in [0.1, 0.15) is 39.2 Å². The summed E-state index contributed by atoms with van der Waals surface area (Å²) in [5.41, 5.74) is 2.63. The Morgan fingerprint density at radius 1 is 1.21 bits per heavy atom. The quantitative estimate of drug-likeness (QED) is 0.618. The second-order valence-electron chi connectivity index (χ2n) is 6.56. The van der Waals surface area contributed by atoms with E-state index in [1.807, 2.05) is 24.3 Å². The first-order valence-corrected chi connectivity index (χ1v) is 9.37. The molecule has 1 aliphatic rings. The Balaban J connectivity index is 1.72. The number of hydrogen-bond donors (Lipinski definition) is 0. The van der Waals surface area contributed by atoms with E-state index in [1.54, 1.807) is 35.7 Å². The number of methoxy groups -OCH3 is 1. The van der Waals surface area contributed by atoms with Crippen LogP contribution in [0.5, 0.6) is 5.75 Å². The Morgan fingerprint density at radius 3 is 2.66 bits per heavy atom. The van der Waals surface area contributed by atoms with Crippen molar-refractivity contribution in [3.63, 3.8) is 0 Å². The molecule has 8 heteroatoms. The highest BCUT2D eigenvalue weighted by Gasteiger charge is 2.32. The van der Waals surface area contributed by atoms with Crippen molar-refractivity contribution < 1.29 is 23.5 Å². The number of ether oxygens (including phenoxy) is 2. The number of hydrogen-bond acceptors (Lipinski definition) is 6. The number of amides is 1. The van der Waals surface area contributed by atoms with Gasteiger partial charge in [-0.05, 0) is 43.3 Å². The van der Waals surface area contributed by atoms with Crippen LogP contribution in [0.4, 0.5) is 0 Å². The van der Waals surface area contributed by atoms with Crippen molar-refractivity contribution in [2.75, 3.05) is 20.3 Å². The summed E-state index contributed by atoms with van der Waals surface area (Å²) < 4.78 is 17.4. The zero-order valence-electron chi connectivity index (χ0n) is 16.3. The Hall–Kier alpha value is -3.55. The molecular formula is C21H21N3O5. The minimum absolute atomic E-state index is 0.215. The van der Waals surface area contributed by atoms with Crippen molar-refractivity contribution in [2.24, 2.45) is 0 Å². The number of nitrogens with zero attached hydrogens (tertiary/aromatic N) is 3. The van der Waals surface area contributed by atoms with Gasteiger partial charge in [-0.3, -0.25) is 4.79 Å². The maximum absolute atomic E-state index is 12.7. The molecule has 0 saturated heterocycles. The van der Waals surface area contributed by atoms with Gasteiger partial charge in [-0.15, -0.1) is 0 Å². The molecule has 150 valence electrons. The number of aromatic nitrogens is 2. The van der Waals surface area contributed by atoms with Gasteiger partial charge in [-0.2, -0.15) is 5.10 Å². The molecule has 3 aromatic rings. The van der Waals surface area contributed by atoms with Crippen LogP contribution in [0.25, 0.3) is 5.69 Å². The van der Waals surface area contributed by atoms with Gasteiger partial charge in [0, 0.05) is 18.5 Å². The van der Waals surface area contributed by atoms with Crippen LogP contribution in [0.3, 0.4) is 0 Å². The average molecular weight is 395 g/mol. The van der Waals surface area contributed by atoms with Gasteiger partial charge in [0.1, 0.15) is 5.75 Å². The molecule has 0 unspecified atom stereocenters. The normalized spacial score (nSPS) is 13.1. The minimum atomic E-state index is -0.497. The van der Waals surface area contributed by atoms with Crippen molar-refractivity contribution >= 4 is 11.9 Å². The van der Waals surface area contributed by atoms with E-state index in [0.29, 0.717) is 18.5 Å². The molecule has 0 bridgehead atoms. The predicted molar refractivity (Wildman–Crippen MR) is 103 cm³/mol. The lowest BCUT2D eigenvalue weighted by Crippen LogP contribution is -2.36. The van der Waals surface area contributed by atoms with Crippen molar-refractivity contribution in [3.8, 4) is 11.4 Å². The van der Waals surface area contributed by atoms with E-state index in [1.165, 1.54) is 6.26 Å². The first-order valence-electron chi connectivity index (χ1n) is 9.37. The summed E-state index contributed by atoms with van der Waals surface area (Å²) in [5, 5.41) is 4.53. The third kappa shape index (κ3) is 3.49. The fourth-order valence-corrected chi connectivity index (χ4v) is 3.45. The molecule has 4 rings (SSSR count). The largest absolute Gasteiger partial charge is 0.497 e. The predicted octanol–water partition coefficient (Wildman–Crippen LogP) is 2.85. The van der Waals surface area contributed by atoms with E-state index in [0.717, 1.165) is 17.1 Å². The van der Waals surface area contributed by atoms with E-state index in [9.17, 15) is 9.59 Å². The Bertz CT molecular complexity index is 1020. The standard InChI is InChI=1S/C21H21N3O5/c1-3-28-21(26)19-16-13-23(20(25)18-5-4-12-29-18)11-10-17(16)24(22-19)14-6-8-15(27-2)9-7-14/h4-9,12H,3,10-11,13H2,1-2H3. The molecule has 0 aliphatic carbocycles. The second-order valence-corrected chi connectivity index (χ2v) is 6.56. The molecule has 0 spiro atoms. The summed E-state index contributed by atoms with van der Waals surface area (Å²) in [5.74, 6) is 0.292. The fourth-order valence-electron chi connectivity index (χ4n) is 3.45. The van der Waals surface area contributed by atoms with Gasteiger partial charge in [0.05, 0.1) is 37.9 Å². The number of furan rings is 1. The maximum atomic E-state index is 12.7. The SMILES string of the molecule is CCOC(=O)c1nn(-c2ccc(OC)cc2)c2c1CN(C(=O)c1ccco1)CC2. The lowest BCUT2D eigenvalue weighted by molar-refractivity contribution is 0.0512. The summed E-state index contributed by atoms with van der Waals surface area (Å²) in [7, 11) is 1.61. The maximum Gasteiger partial charge on any atom is 0.359 e. The van der Waals surface area contributed by atoms with Gasteiger partial charge in [-0.1, -0.05) is 0 Å². The average Bonchev–Trinajstić information content (AvgIpc) is 3.41. The van der Waals surface area contributed by atoms with Gasteiger partial charge in [0.2, 0.25) is 0 Å². The number of carbonyl (C=O) groups excluding carboxylic acids is 2. The molecule has 0 saturated carbocycles. The van der Waals surface area contributed by atoms with Crippen LogP contribution in [-0.2, 0) is 17.7 Å². The molecule has 1 aromatic carbocycles. The molecular weight excluding hydrogens is 374 g/mol. The lowest BCUT2D eigenvalue weighted by atomic mass is 10.0. The Labute approximate surface area is 167 Å². The number of carbonyl (C=O) groups is 2. The van der Waals surface area contributed by atoms with Crippen LogP contribution in [0, 0.1) is 0 Å². The fraction of sp³-hybridized carbons (Fsp3) is 0.286. The van der Waals surface area contributed by atoms with Gasteiger partial charge in [0.25, 0.3) is 5.91 Å². The number of fused-ring (bicyclic) bond motifs is 1. The van der Waals surface area contributed by atoms with Crippen LogP contribution < -0.4 is 4.74 Å². The summed E-state index contributed by atoms with van der Waals surface area (Å²) in [6, 6.07) is 10.7. The van der Waals surface area contributed by atoms with Crippen molar-refractivity contribution in [1.29, 1.82) is 0 Å². The van der Waals surface area contributed by atoms with Crippen molar-refractivity contribution in [1.82, 2.24) is 14.7 Å². The highest BCUT2D eigenvalue weighted by molar-refractivity contribution is 5.93. The first-order chi connectivity index (χ1) is 14.1. The molecule has 2 aromatic heterocycles. The third-order valence-electron chi connectivity index (χ3n) is 4.86. The van der Waals surface area contributed by atoms with E-state index in [-0.39, 0.29) is 30.5 Å². The Kier molecular flexibility index (Phi) is 5.07. The molecule has 0 radical (unpaired) electrons. The van der Waals surface area contributed by atoms with Gasteiger partial charge >= 0.3 is 5.97 Å². The molecule has 1 aliphatic heterocycles. The smallest absolute Gasteiger partial charge is 0.359 e. The highest BCUT2D eigenvalue weighted by atomic mass is 16.5. The van der Waals surface area contributed by atoms with Crippen LogP contribution in [-0.4, -0.2) is 46.8 Å². The number of esters is 1. The zero-order chi connectivity index (χ0) is 20.4. The number of benzene rings is 1. The first kappa shape index (κ1) is 18.8. The molecule has 0 fully saturated rings. The summed E-state index contributed by atoms with van der Waals surface area (Å²) in [6.07, 6.45) is 2.02. The summed E-state index contributed by atoms with van der Waals surface area (Å²) >= 11 is 0. The van der Waals surface area contributed by atoms with Gasteiger partial charge in [0.15, 0.2) is 11.5 Å². The van der Waals surface area contributed by atoms with E-state index >= 15 is 0 Å². The summed E-state index contributed by atoms with van der Waals surface area (Å²) in [6.45, 7) is 2.76. The van der Waals surface area contributed by atoms with Crippen LogP contribution in [0.15, 0.2) is 47.1 Å². The minimum Gasteiger partial charge on any atom is -0.497 e. The molecule has 0 atom stereocenters. The van der Waals surface area contributed by atoms with E-state index in [4.69, 9.17) is 13.9 Å². The monoisotopic (exact) mass is 395 g/mol. The van der Waals surface area contributed by atoms with Crippen molar-refractivity contribution in [2.45, 2.75) is 19.9 Å². The summed E-state index contributed by atoms with van der Waals surface area (Å²) in [4.78, 5) is 26.9. The highest BCUT2D eigenvalue weighted by Crippen LogP contribution is 2.27. The van der Waals surface area contributed by atoms with E-state index < -0.39 is 5.97 Å². The van der Waals surface area contributed by atoms with Gasteiger partial charge < -0.3 is 18.8 Å². The van der Waals surface area contributed by atoms with Crippen LogP contribution >= 0.6 is 0 Å². The van der Waals surface area contributed by atoms with Crippen LogP contribution in [0.2, 0.25) is 0 Å². The number of rotatable bonds is 5.